The molecule has 15 heteroatoms. The van der Waals surface area contributed by atoms with Gasteiger partial charge in [-0.25, -0.2) is 13.6 Å². The van der Waals surface area contributed by atoms with Gasteiger partial charge in [-0.1, -0.05) is 18.2 Å². The zero-order valence-corrected chi connectivity index (χ0v) is 27.1. The molecule has 3 saturated heterocycles. The van der Waals surface area contributed by atoms with Crippen molar-refractivity contribution in [2.75, 3.05) is 36.9 Å². The molecule has 3 aromatic rings. The zero-order valence-electron chi connectivity index (χ0n) is 25.5. The van der Waals surface area contributed by atoms with E-state index in [9.17, 15) is 14.0 Å². The largest absolute Gasteiger partial charge is 0.417 e. The van der Waals surface area contributed by atoms with Crippen molar-refractivity contribution in [3.63, 3.8) is 0 Å². The molecule has 1 amide bonds. The van der Waals surface area contributed by atoms with Crippen molar-refractivity contribution in [2.24, 2.45) is 0 Å². The summed E-state index contributed by atoms with van der Waals surface area (Å²) < 4.78 is 82.2. The summed E-state index contributed by atoms with van der Waals surface area (Å²) in [6.45, 7) is 8.89. The number of hydrogen-bond acceptors (Lipinski definition) is 7. The van der Waals surface area contributed by atoms with Gasteiger partial charge in [0.1, 0.15) is 17.5 Å². The van der Waals surface area contributed by atoms with Crippen LogP contribution in [0, 0.1) is 11.6 Å². The molecule has 0 N–H and O–H groups in total. The number of thioether (sulfide) groups is 1. The van der Waals surface area contributed by atoms with Crippen LogP contribution in [0.25, 0.3) is 22.0 Å². The number of nitrogens with zero attached hydrogens (tertiary/aromatic N) is 5. The number of benzene rings is 2. The number of alkyl halides is 3. The van der Waals surface area contributed by atoms with E-state index in [0.29, 0.717) is 25.0 Å². The Kier molecular flexibility index (Phi) is 8.08. The van der Waals surface area contributed by atoms with Crippen LogP contribution >= 0.6 is 23.4 Å². The van der Waals surface area contributed by atoms with E-state index in [1.54, 1.807) is 23.6 Å². The molecule has 1 aromatic heterocycles. The number of piperazine rings is 1. The van der Waals surface area contributed by atoms with Crippen molar-refractivity contribution in [3.8, 4) is 11.1 Å². The van der Waals surface area contributed by atoms with Gasteiger partial charge in [0.15, 0.2) is 0 Å². The number of carbonyl (C=O) groups is 1. The molecular weight excluding hydrogens is 665 g/mol. The van der Waals surface area contributed by atoms with E-state index in [1.165, 1.54) is 10.6 Å². The minimum atomic E-state index is -4.97. The van der Waals surface area contributed by atoms with Crippen LogP contribution in [0.1, 0.15) is 25.8 Å². The molecule has 2 bridgehead atoms. The summed E-state index contributed by atoms with van der Waals surface area (Å²) in [6.07, 6.45) is -2.89. The smallest absolute Gasteiger partial charge is 0.375 e. The minimum Gasteiger partial charge on any atom is -0.375 e. The summed E-state index contributed by atoms with van der Waals surface area (Å²) in [7, 11) is 0. The predicted octanol–water partition coefficient (Wildman–Crippen LogP) is 5.57. The summed E-state index contributed by atoms with van der Waals surface area (Å²) in [4.78, 5) is 36.6. The third-order valence-corrected chi connectivity index (χ3v) is 11.3. The highest BCUT2D eigenvalue weighted by molar-refractivity contribution is 7.99. The molecule has 1 unspecified atom stereocenters. The molecule has 47 heavy (non-hydrogen) atoms. The van der Waals surface area contributed by atoms with Gasteiger partial charge in [-0.3, -0.25) is 14.3 Å². The highest BCUT2D eigenvalue weighted by atomic mass is 35.5. The molecule has 250 valence electrons. The van der Waals surface area contributed by atoms with E-state index in [-0.39, 0.29) is 71.4 Å². The average Bonchev–Trinajstić information content (AvgIpc) is 3.60. The summed E-state index contributed by atoms with van der Waals surface area (Å²) in [5, 5.41) is -0.458. The fraction of sp³-hybridized carbons (Fsp3) is 0.469. The number of morpholine rings is 1. The van der Waals surface area contributed by atoms with Crippen molar-refractivity contribution >= 4 is 46.0 Å². The van der Waals surface area contributed by atoms with Crippen LogP contribution in [0.4, 0.5) is 27.8 Å². The molecule has 0 aliphatic carbocycles. The van der Waals surface area contributed by atoms with Crippen molar-refractivity contribution in [2.45, 2.75) is 68.2 Å². The maximum absolute atomic E-state index is 15.5. The second-order valence-electron chi connectivity index (χ2n) is 12.6. The third kappa shape index (κ3) is 5.41. The summed E-state index contributed by atoms with van der Waals surface area (Å²) in [6, 6.07) is 1.32. The maximum atomic E-state index is 15.5. The number of hydrogen-bond donors (Lipinski definition) is 0. The first-order chi connectivity index (χ1) is 22.3. The normalized spacial score (nSPS) is 26.3. The quantitative estimate of drug-likeness (QED) is 0.201. The number of fused-ring (bicyclic) bond motifs is 2. The first-order valence-electron chi connectivity index (χ1n) is 15.3. The van der Waals surface area contributed by atoms with E-state index in [2.05, 4.69) is 16.5 Å². The lowest BCUT2D eigenvalue weighted by molar-refractivity contribution is -0.137. The summed E-state index contributed by atoms with van der Waals surface area (Å²) in [5.41, 5.74) is -2.64. The first kappa shape index (κ1) is 32.4. The molecule has 0 radical (unpaired) electrons. The topological polar surface area (TPSA) is 70.9 Å². The van der Waals surface area contributed by atoms with Crippen LogP contribution in [0.5, 0.6) is 0 Å². The lowest BCUT2D eigenvalue weighted by Gasteiger charge is -2.44. The Morgan fingerprint density at radius 2 is 1.85 bits per heavy atom. The number of amides is 1. The van der Waals surface area contributed by atoms with Gasteiger partial charge in [-0.2, -0.15) is 18.2 Å². The number of rotatable bonds is 4. The molecule has 5 atom stereocenters. The predicted molar refractivity (Wildman–Crippen MR) is 169 cm³/mol. The average molecular weight is 696 g/mol. The molecule has 4 aliphatic rings. The van der Waals surface area contributed by atoms with Crippen LogP contribution in [-0.2, 0) is 22.3 Å². The van der Waals surface area contributed by atoms with Gasteiger partial charge in [0.2, 0.25) is 5.91 Å². The van der Waals surface area contributed by atoms with E-state index in [4.69, 9.17) is 16.3 Å². The van der Waals surface area contributed by atoms with Gasteiger partial charge in [0.05, 0.1) is 28.8 Å². The fourth-order valence-electron chi connectivity index (χ4n) is 7.49. The monoisotopic (exact) mass is 695 g/mol. The Labute approximate surface area is 276 Å². The van der Waals surface area contributed by atoms with E-state index < -0.39 is 51.3 Å². The van der Waals surface area contributed by atoms with Crippen molar-refractivity contribution in [3.05, 3.63) is 63.6 Å². The van der Waals surface area contributed by atoms with Gasteiger partial charge in [-0.05, 0) is 38.5 Å². The molecule has 0 spiro atoms. The molecule has 7 rings (SSSR count). The van der Waals surface area contributed by atoms with Crippen LogP contribution in [-0.4, -0.2) is 87.5 Å². The molecule has 3 fully saturated rings. The van der Waals surface area contributed by atoms with Crippen molar-refractivity contribution in [1.82, 2.24) is 19.4 Å². The summed E-state index contributed by atoms with van der Waals surface area (Å²) >= 11 is 7.12. The molecule has 5 heterocycles. The SMILES string of the molecule is C=CC(=O)N1C[C@H](C)N(c2nc(=O)n3c4c(c(-c5cc(Cl)c(F)cc5F)c(C(F)(F)F)cc24)SCC(N2C[C@@H]4C[C@H]2CO4)C3)C[C@H]1C. The van der Waals surface area contributed by atoms with Gasteiger partial charge < -0.3 is 14.5 Å². The Bertz CT molecular complexity index is 1870. The molecule has 2 aromatic carbocycles. The van der Waals surface area contributed by atoms with Crippen molar-refractivity contribution < 1.29 is 31.5 Å². The first-order valence-corrected chi connectivity index (χ1v) is 16.7. The second kappa shape index (κ2) is 11.7. The highest BCUT2D eigenvalue weighted by Crippen LogP contribution is 2.50. The van der Waals surface area contributed by atoms with Crippen LogP contribution in [0.3, 0.4) is 0 Å². The number of ether oxygens (including phenoxy) is 1. The van der Waals surface area contributed by atoms with Gasteiger partial charge in [-0.15, -0.1) is 11.8 Å². The third-order valence-electron chi connectivity index (χ3n) is 9.72. The van der Waals surface area contributed by atoms with E-state index >= 15 is 17.6 Å². The molecule has 4 aliphatic heterocycles. The Morgan fingerprint density at radius 1 is 1.09 bits per heavy atom. The highest BCUT2D eigenvalue weighted by Gasteiger charge is 2.45. The van der Waals surface area contributed by atoms with Gasteiger partial charge in [0, 0.05) is 83.6 Å². The zero-order chi connectivity index (χ0) is 33.5. The van der Waals surface area contributed by atoms with Crippen molar-refractivity contribution in [1.29, 1.82) is 0 Å². The van der Waals surface area contributed by atoms with Crippen LogP contribution in [0.15, 0.2) is 40.5 Å². The van der Waals surface area contributed by atoms with Gasteiger partial charge in [0.25, 0.3) is 0 Å². The van der Waals surface area contributed by atoms with E-state index in [0.717, 1.165) is 30.3 Å². The Hall–Kier alpha value is -3.20. The Balaban J connectivity index is 1.48. The van der Waals surface area contributed by atoms with Crippen LogP contribution < -0.4 is 10.6 Å². The Morgan fingerprint density at radius 3 is 2.51 bits per heavy atom. The van der Waals surface area contributed by atoms with Gasteiger partial charge >= 0.3 is 11.9 Å². The standard InChI is InChI=1S/C32H31ClF5N5O3S/c1-4-26(44)40-9-16(3)41(10-15(40)2)30-21-6-22(32(36,37)38)27(20-7-23(33)25(35)8-24(20)34)29-28(21)43(31(45)39-30)11-18(14-47-29)42-12-19-5-17(42)13-46-19/h4,6-8,15-19H,1,5,9-14H2,2-3H3/t15-,16+,17+,18?,19+/m1/s1. The lowest BCUT2D eigenvalue weighted by atomic mass is 9.95. The molecule has 8 nitrogen and oxygen atoms in total. The summed E-state index contributed by atoms with van der Waals surface area (Å²) in [5.74, 6) is -2.24. The minimum absolute atomic E-state index is 0.0430. The van der Waals surface area contributed by atoms with Crippen LogP contribution in [0.2, 0.25) is 5.02 Å². The maximum Gasteiger partial charge on any atom is 0.417 e. The second-order valence-corrected chi connectivity index (χ2v) is 14.1. The van der Waals surface area contributed by atoms with E-state index in [1.807, 2.05) is 0 Å². The molecular formula is C32H31ClF5N5O3S. The lowest BCUT2D eigenvalue weighted by Crippen LogP contribution is -2.58. The molecule has 0 saturated carbocycles. The number of halogens is 6. The number of anilines is 1. The number of likely N-dealkylation sites (tertiary alicyclic amines) is 1. The number of carbonyl (C=O) groups excluding carboxylic acids is 1. The number of aromatic nitrogens is 2. The fourth-order valence-corrected chi connectivity index (χ4v) is 9.03.